The molecule has 0 fully saturated rings. The highest BCUT2D eigenvalue weighted by Crippen LogP contribution is 2.23. The van der Waals surface area contributed by atoms with Crippen LogP contribution in [0.15, 0.2) is 24.4 Å². The number of nitrogen functional groups attached to an aromatic ring is 1. The minimum Gasteiger partial charge on any atom is -0.382 e. The standard InChI is InChI=1S/C12H8Cl2N4/c13-9-2-1-7(3-10(9)14)4-11-17-6-8(5-15)12(16)18-11/h1-3,6H,4H2,(H2,16,17,18). The Kier molecular flexibility index (Phi) is 3.66. The Bertz CT molecular complexity index is 634. The second-order valence-corrected chi connectivity index (χ2v) is 4.44. The molecule has 0 saturated carbocycles. The zero-order valence-electron chi connectivity index (χ0n) is 9.19. The third-order valence-electron chi connectivity index (χ3n) is 2.33. The number of nitrogens with zero attached hydrogens (tertiary/aromatic N) is 3. The molecule has 4 nitrogen and oxygen atoms in total. The predicted molar refractivity (Wildman–Crippen MR) is 70.4 cm³/mol. The summed E-state index contributed by atoms with van der Waals surface area (Å²) in [5.74, 6) is 0.715. The first-order chi connectivity index (χ1) is 8.60. The zero-order chi connectivity index (χ0) is 13.1. The average Bonchev–Trinajstić information content (AvgIpc) is 2.34. The van der Waals surface area contributed by atoms with Crippen LogP contribution in [0.2, 0.25) is 10.0 Å². The van der Waals surface area contributed by atoms with Gasteiger partial charge < -0.3 is 5.73 Å². The minimum absolute atomic E-state index is 0.183. The number of hydrogen-bond acceptors (Lipinski definition) is 4. The van der Waals surface area contributed by atoms with Crippen molar-refractivity contribution in [1.82, 2.24) is 9.97 Å². The van der Waals surface area contributed by atoms with Gasteiger partial charge in [-0.3, -0.25) is 0 Å². The van der Waals surface area contributed by atoms with Gasteiger partial charge in [-0.25, -0.2) is 9.97 Å². The monoisotopic (exact) mass is 278 g/mol. The van der Waals surface area contributed by atoms with E-state index >= 15 is 0 Å². The first kappa shape index (κ1) is 12.6. The Balaban J connectivity index is 2.26. The van der Waals surface area contributed by atoms with E-state index in [2.05, 4.69) is 9.97 Å². The molecule has 0 radical (unpaired) electrons. The van der Waals surface area contributed by atoms with Crippen molar-refractivity contribution in [2.45, 2.75) is 6.42 Å². The van der Waals surface area contributed by atoms with Crippen molar-refractivity contribution in [2.75, 3.05) is 5.73 Å². The van der Waals surface area contributed by atoms with Gasteiger partial charge >= 0.3 is 0 Å². The van der Waals surface area contributed by atoms with Crippen molar-refractivity contribution in [1.29, 1.82) is 5.26 Å². The predicted octanol–water partition coefficient (Wildman–Crippen LogP) is 2.83. The summed E-state index contributed by atoms with van der Waals surface area (Å²) in [6.07, 6.45) is 1.89. The fraction of sp³-hybridized carbons (Fsp3) is 0.0833. The quantitative estimate of drug-likeness (QED) is 0.917. The van der Waals surface area contributed by atoms with Crippen LogP contribution in [-0.2, 0) is 6.42 Å². The van der Waals surface area contributed by atoms with Gasteiger partial charge in [-0.2, -0.15) is 5.26 Å². The summed E-state index contributed by atoms with van der Waals surface area (Å²) in [4.78, 5) is 8.13. The van der Waals surface area contributed by atoms with E-state index in [0.717, 1.165) is 5.56 Å². The van der Waals surface area contributed by atoms with Gasteiger partial charge in [0, 0.05) is 6.42 Å². The van der Waals surface area contributed by atoms with Crippen molar-refractivity contribution >= 4 is 29.0 Å². The molecule has 0 bridgehead atoms. The highest BCUT2D eigenvalue weighted by atomic mass is 35.5. The fourth-order valence-corrected chi connectivity index (χ4v) is 1.76. The van der Waals surface area contributed by atoms with Crippen LogP contribution in [0.4, 0.5) is 5.82 Å². The van der Waals surface area contributed by atoms with Crippen LogP contribution in [0, 0.1) is 11.3 Å². The molecule has 0 atom stereocenters. The molecule has 90 valence electrons. The van der Waals surface area contributed by atoms with Gasteiger partial charge in [-0.15, -0.1) is 0 Å². The van der Waals surface area contributed by atoms with Gasteiger partial charge in [0.25, 0.3) is 0 Å². The molecule has 0 aliphatic carbocycles. The molecule has 0 amide bonds. The van der Waals surface area contributed by atoms with E-state index in [9.17, 15) is 0 Å². The maximum absolute atomic E-state index is 8.72. The highest BCUT2D eigenvalue weighted by molar-refractivity contribution is 6.42. The van der Waals surface area contributed by atoms with E-state index in [0.29, 0.717) is 22.3 Å². The molecule has 6 heteroatoms. The minimum atomic E-state index is 0.183. The molecule has 1 aromatic heterocycles. The number of anilines is 1. The van der Waals surface area contributed by atoms with Gasteiger partial charge in [0.05, 0.1) is 16.2 Å². The lowest BCUT2D eigenvalue weighted by molar-refractivity contribution is 0.970. The molecule has 2 N–H and O–H groups in total. The Hall–Kier alpha value is -1.83. The summed E-state index contributed by atoms with van der Waals surface area (Å²) in [6, 6.07) is 7.22. The number of nitriles is 1. The first-order valence-corrected chi connectivity index (χ1v) is 5.81. The molecule has 18 heavy (non-hydrogen) atoms. The van der Waals surface area contributed by atoms with Gasteiger partial charge in [0.15, 0.2) is 0 Å². The second-order valence-electron chi connectivity index (χ2n) is 3.62. The van der Waals surface area contributed by atoms with E-state index < -0.39 is 0 Å². The Morgan fingerprint density at radius 3 is 2.67 bits per heavy atom. The van der Waals surface area contributed by atoms with E-state index in [-0.39, 0.29) is 11.4 Å². The summed E-state index contributed by atoms with van der Waals surface area (Å²) in [5, 5.41) is 9.71. The highest BCUT2D eigenvalue weighted by Gasteiger charge is 2.06. The molecular weight excluding hydrogens is 271 g/mol. The molecule has 1 heterocycles. The largest absolute Gasteiger partial charge is 0.382 e. The Morgan fingerprint density at radius 1 is 1.28 bits per heavy atom. The van der Waals surface area contributed by atoms with Crippen LogP contribution >= 0.6 is 23.2 Å². The zero-order valence-corrected chi connectivity index (χ0v) is 10.7. The van der Waals surface area contributed by atoms with Crippen LogP contribution in [0.3, 0.4) is 0 Å². The van der Waals surface area contributed by atoms with Crippen LogP contribution in [0.25, 0.3) is 0 Å². The van der Waals surface area contributed by atoms with Crippen molar-refractivity contribution in [2.24, 2.45) is 0 Å². The molecule has 0 aliphatic rings. The normalized spacial score (nSPS) is 10.1. The van der Waals surface area contributed by atoms with Gasteiger partial charge in [-0.1, -0.05) is 29.3 Å². The van der Waals surface area contributed by atoms with Crippen molar-refractivity contribution in [3.05, 3.63) is 51.4 Å². The summed E-state index contributed by atoms with van der Waals surface area (Å²) in [6.45, 7) is 0. The summed E-state index contributed by atoms with van der Waals surface area (Å²) in [7, 11) is 0. The number of hydrogen-bond donors (Lipinski definition) is 1. The van der Waals surface area contributed by atoms with Crippen molar-refractivity contribution < 1.29 is 0 Å². The molecule has 0 saturated heterocycles. The van der Waals surface area contributed by atoms with Crippen LogP contribution in [0.5, 0.6) is 0 Å². The lowest BCUT2D eigenvalue weighted by Crippen LogP contribution is -2.02. The smallest absolute Gasteiger partial charge is 0.145 e. The third kappa shape index (κ3) is 2.70. The van der Waals surface area contributed by atoms with Gasteiger partial charge in [-0.05, 0) is 17.7 Å². The number of nitrogens with two attached hydrogens (primary N) is 1. The molecule has 0 unspecified atom stereocenters. The van der Waals surface area contributed by atoms with Crippen molar-refractivity contribution in [3.63, 3.8) is 0 Å². The van der Waals surface area contributed by atoms with Gasteiger partial charge in [0.2, 0.25) is 0 Å². The lowest BCUT2D eigenvalue weighted by Gasteiger charge is -2.04. The summed E-state index contributed by atoms with van der Waals surface area (Å²) >= 11 is 11.7. The Labute approximate surface area is 114 Å². The van der Waals surface area contributed by atoms with Crippen LogP contribution in [-0.4, -0.2) is 9.97 Å². The maximum Gasteiger partial charge on any atom is 0.145 e. The average molecular weight is 279 g/mol. The van der Waals surface area contributed by atoms with Crippen LogP contribution < -0.4 is 5.73 Å². The fourth-order valence-electron chi connectivity index (χ4n) is 1.44. The van der Waals surface area contributed by atoms with E-state index in [4.69, 9.17) is 34.2 Å². The third-order valence-corrected chi connectivity index (χ3v) is 3.07. The first-order valence-electron chi connectivity index (χ1n) is 5.05. The molecule has 0 aliphatic heterocycles. The van der Waals surface area contributed by atoms with E-state index in [1.165, 1.54) is 6.20 Å². The van der Waals surface area contributed by atoms with E-state index in [1.54, 1.807) is 12.1 Å². The molecule has 2 rings (SSSR count). The van der Waals surface area contributed by atoms with E-state index in [1.807, 2.05) is 12.1 Å². The number of aromatic nitrogens is 2. The molecule has 1 aromatic carbocycles. The molecular formula is C12H8Cl2N4. The van der Waals surface area contributed by atoms with Gasteiger partial charge in [0.1, 0.15) is 23.3 Å². The van der Waals surface area contributed by atoms with Crippen LogP contribution in [0.1, 0.15) is 17.0 Å². The second kappa shape index (κ2) is 5.21. The number of rotatable bonds is 2. The summed E-state index contributed by atoms with van der Waals surface area (Å²) in [5.41, 5.74) is 6.81. The molecule has 2 aromatic rings. The number of benzene rings is 1. The van der Waals surface area contributed by atoms with Crippen molar-refractivity contribution in [3.8, 4) is 6.07 Å². The lowest BCUT2D eigenvalue weighted by atomic mass is 10.1. The molecule has 0 spiro atoms. The number of halogens is 2. The topological polar surface area (TPSA) is 75.6 Å². The summed E-state index contributed by atoms with van der Waals surface area (Å²) < 4.78 is 0. The SMILES string of the molecule is N#Cc1cnc(Cc2ccc(Cl)c(Cl)c2)nc1N. The maximum atomic E-state index is 8.72. The Morgan fingerprint density at radius 2 is 2.06 bits per heavy atom.